The Hall–Kier alpha value is -0.470. The van der Waals surface area contributed by atoms with Crippen LogP contribution in [0.1, 0.15) is 106 Å². The van der Waals surface area contributed by atoms with E-state index in [1.165, 1.54) is 71.8 Å². The van der Waals surface area contributed by atoms with Crippen LogP contribution in [0.25, 0.3) is 0 Å². The molecule has 39 heavy (non-hydrogen) atoms. The second-order valence-electron chi connectivity index (χ2n) is 12.5. The first-order valence-corrected chi connectivity index (χ1v) is 27.4. The number of rotatable bonds is 10. The van der Waals surface area contributed by atoms with Crippen molar-refractivity contribution >= 4 is 13.4 Å². The van der Waals surface area contributed by atoms with Gasteiger partial charge in [0.05, 0.1) is 0 Å². The number of hydrogen-bond donors (Lipinski definition) is 0. The summed E-state index contributed by atoms with van der Waals surface area (Å²) in [6, 6.07) is 23.3. The van der Waals surface area contributed by atoms with Crippen LogP contribution >= 0.6 is 5.81 Å². The molecule has 2 fully saturated rings. The zero-order valence-corrected chi connectivity index (χ0v) is 29.4. The van der Waals surface area contributed by atoms with Gasteiger partial charge < -0.3 is 0 Å². The van der Waals surface area contributed by atoms with E-state index in [1.54, 1.807) is 0 Å². The van der Waals surface area contributed by atoms with E-state index in [1.807, 2.05) is 0 Å². The summed E-state index contributed by atoms with van der Waals surface area (Å²) < 4.78 is 19.8. The molecule has 0 unspecified atom stereocenters. The van der Waals surface area contributed by atoms with Gasteiger partial charge >= 0.3 is 236 Å². The van der Waals surface area contributed by atoms with Crippen molar-refractivity contribution in [1.29, 1.82) is 0 Å². The molecule has 2 aromatic rings. The SMILES string of the molecule is C[O][Au]([O]C)([c]1ccccc1)([c]1ccccc1)([CH](C)C)([CH](C)C)([CH](C)C)[P](C1CCCCC1)C1CCCCC1. The molecule has 0 spiro atoms. The van der Waals surface area contributed by atoms with Gasteiger partial charge in [0.25, 0.3) is 0 Å². The maximum absolute atomic E-state index is 8.33. The van der Waals surface area contributed by atoms with Crippen molar-refractivity contribution in [3.05, 3.63) is 60.7 Å². The Morgan fingerprint density at radius 3 is 1.10 bits per heavy atom. The molecule has 0 heterocycles. The molecule has 0 amide bonds. The molecule has 4 rings (SSSR count). The van der Waals surface area contributed by atoms with Gasteiger partial charge in [-0.2, -0.15) is 0 Å². The second kappa shape index (κ2) is 9.26. The Balaban J connectivity index is 2.57. The van der Waals surface area contributed by atoms with Crippen LogP contribution in [0.15, 0.2) is 60.7 Å². The van der Waals surface area contributed by atoms with E-state index in [-0.39, 0.29) is 12.4 Å². The average molecular weight is 740 g/mol. The molecule has 227 valence electrons. The van der Waals surface area contributed by atoms with E-state index in [2.05, 4.69) is 116 Å². The zero-order valence-electron chi connectivity index (χ0n) is 26.3. The van der Waals surface area contributed by atoms with Crippen molar-refractivity contribution in [3.63, 3.8) is 0 Å². The fraction of sp³-hybridized carbons (Fsp3) is 0.657. The predicted octanol–water partition coefficient (Wildman–Crippen LogP) is 10.6. The van der Waals surface area contributed by atoms with Crippen LogP contribution in [-0.4, -0.2) is 25.5 Å². The fourth-order valence-electron chi connectivity index (χ4n) is 9.74. The van der Waals surface area contributed by atoms with Gasteiger partial charge in [-0.25, -0.2) is 0 Å². The molecule has 0 bridgehead atoms. The molecule has 0 radical (unpaired) electrons. The fourth-order valence-corrected chi connectivity index (χ4v) is 87.6. The van der Waals surface area contributed by atoms with Crippen LogP contribution < -0.4 is 7.56 Å². The number of hydrogen-bond acceptors (Lipinski definition) is 2. The Morgan fingerprint density at radius 1 is 0.538 bits per heavy atom. The summed E-state index contributed by atoms with van der Waals surface area (Å²) in [5.41, 5.74) is 1.22. The van der Waals surface area contributed by atoms with E-state index in [0.29, 0.717) is 11.3 Å². The molecule has 2 nitrogen and oxygen atoms in total. The summed E-state index contributed by atoms with van der Waals surface area (Å²) in [6.07, 6.45) is 13.2. The maximum atomic E-state index is 8.33. The van der Waals surface area contributed by atoms with Crippen molar-refractivity contribution in [2.24, 2.45) is 0 Å². The first kappa shape index (κ1) is 31.5. The first-order valence-electron chi connectivity index (χ1n) is 15.5. The summed E-state index contributed by atoms with van der Waals surface area (Å²) in [7, 11) is 4.22. The molecule has 0 saturated heterocycles. The Kier molecular flexibility index (Phi) is 7.47. The third-order valence-electron chi connectivity index (χ3n) is 11.4. The topological polar surface area (TPSA) is 18.5 Å². The van der Waals surface area contributed by atoms with Gasteiger partial charge in [0.1, 0.15) is 0 Å². The summed E-state index contributed by atoms with van der Waals surface area (Å²) in [5, 5.41) is 0. The normalized spacial score (nSPS) is 22.5. The van der Waals surface area contributed by atoms with Crippen LogP contribution in [0, 0.1) is 0 Å². The predicted molar refractivity (Wildman–Crippen MR) is 172 cm³/mol. The minimum atomic E-state index is -6.69. The third-order valence-corrected chi connectivity index (χ3v) is 85.7. The van der Waals surface area contributed by atoms with Gasteiger partial charge in [0, 0.05) is 0 Å². The van der Waals surface area contributed by atoms with Crippen LogP contribution in [0.5, 0.6) is 0 Å². The van der Waals surface area contributed by atoms with E-state index < -0.39 is 18.0 Å². The molecule has 2 aliphatic carbocycles. The monoisotopic (exact) mass is 739 g/mol. The molecule has 0 atom stereocenters. The minimum absolute atomic E-state index is 0.125. The molecule has 0 aliphatic heterocycles. The van der Waals surface area contributed by atoms with Crippen molar-refractivity contribution in [2.75, 3.05) is 14.2 Å². The Morgan fingerprint density at radius 2 is 0.846 bits per heavy atom. The first-order chi connectivity index (χ1) is 18.5. The quantitative estimate of drug-likeness (QED) is 0.178. The van der Waals surface area contributed by atoms with Gasteiger partial charge in [-0.05, 0) is 0 Å². The van der Waals surface area contributed by atoms with Crippen LogP contribution in [-0.2, 0) is 18.6 Å². The summed E-state index contributed by atoms with van der Waals surface area (Å²) >= 11 is -6.69. The van der Waals surface area contributed by atoms with Gasteiger partial charge in [-0.3, -0.25) is 0 Å². The van der Waals surface area contributed by atoms with E-state index in [4.69, 9.17) is 6.49 Å². The molecule has 0 aromatic heterocycles. The Bertz CT molecular complexity index is 1080. The summed E-state index contributed by atoms with van der Waals surface area (Å²) in [5.74, 6) is -0.838. The van der Waals surface area contributed by atoms with Crippen molar-refractivity contribution in [3.8, 4) is 0 Å². The van der Waals surface area contributed by atoms with Crippen LogP contribution in [0.2, 0.25) is 12.4 Å². The van der Waals surface area contributed by atoms with Gasteiger partial charge in [0.2, 0.25) is 0 Å². The van der Waals surface area contributed by atoms with Crippen molar-refractivity contribution in [1.82, 2.24) is 0 Å². The molecule has 2 aromatic carbocycles. The van der Waals surface area contributed by atoms with Gasteiger partial charge in [-0.1, -0.05) is 0 Å². The molecule has 4 heteroatoms. The summed E-state index contributed by atoms with van der Waals surface area (Å²) in [4.78, 5) is 0. The van der Waals surface area contributed by atoms with Crippen LogP contribution in [0.4, 0.5) is 0 Å². The molecule has 0 N–H and O–H groups in total. The molecular weight excluding hydrogens is 680 g/mol. The van der Waals surface area contributed by atoms with Crippen molar-refractivity contribution < 1.29 is 18.6 Å². The Labute approximate surface area is 235 Å². The van der Waals surface area contributed by atoms with E-state index >= 15 is 0 Å². The van der Waals surface area contributed by atoms with Gasteiger partial charge in [0.15, 0.2) is 0 Å². The van der Waals surface area contributed by atoms with Gasteiger partial charge in [-0.15, -0.1) is 0 Å². The molecule has 2 aliphatic rings. The number of benzene rings is 2. The zero-order chi connectivity index (χ0) is 28.5. The molecular formula is C35H59AuO2P. The van der Waals surface area contributed by atoms with Crippen molar-refractivity contribution in [2.45, 2.75) is 129 Å². The van der Waals surface area contributed by atoms with Crippen LogP contribution in [0.3, 0.4) is 0 Å². The van der Waals surface area contributed by atoms with E-state index in [0.717, 1.165) is 0 Å². The average Bonchev–Trinajstić information content (AvgIpc) is 2.98. The second-order valence-corrected chi connectivity index (χ2v) is 52.6. The van der Waals surface area contributed by atoms with E-state index in [9.17, 15) is 0 Å². The summed E-state index contributed by atoms with van der Waals surface area (Å²) in [6.45, 7) is 15.1. The standard InChI is InChI=1S/C12H22P.2C6H5.3C3H7.2CH3O.Au/c1-3-7-11(8-4-1)13-12-9-5-2-6-10-12;2*1-2-4-6-5-3-1;3*1-3-2;2*1-2;/h11-12H,1-10H2;2*1-5H;3*3H,1-2H3;2*1H3;/q-1;;;;;;2*-1;+3. The third kappa shape index (κ3) is 2.50. The molecule has 2 saturated carbocycles.